The molecule has 142 valence electrons. The van der Waals surface area contributed by atoms with Crippen LogP contribution in [0.25, 0.3) is 0 Å². The van der Waals surface area contributed by atoms with Gasteiger partial charge in [-0.05, 0) is 59.2 Å². The van der Waals surface area contributed by atoms with E-state index in [1.165, 1.54) is 24.3 Å². The van der Waals surface area contributed by atoms with Crippen LogP contribution in [-0.2, 0) is 16.1 Å². The molecule has 0 heterocycles. The molecule has 0 radical (unpaired) electrons. The molecule has 0 aromatic heterocycles. The first-order valence-electron chi connectivity index (χ1n) is 7.69. The van der Waals surface area contributed by atoms with E-state index in [2.05, 4.69) is 4.72 Å². The van der Waals surface area contributed by atoms with E-state index >= 15 is 0 Å². The number of hydrogen-bond acceptors (Lipinski definition) is 4. The molecule has 0 saturated heterocycles. The molecule has 4 nitrogen and oxygen atoms in total. The quantitative estimate of drug-likeness (QED) is 0.626. The molecule has 1 aromatic carbocycles. The summed E-state index contributed by atoms with van der Waals surface area (Å²) < 4.78 is 58.6. The first-order valence-corrected chi connectivity index (χ1v) is 8.84. The Morgan fingerprint density at radius 3 is 1.92 bits per heavy atom. The molecular weight excluding hydrogens is 355 g/mol. The lowest BCUT2D eigenvalue weighted by Crippen LogP contribution is -2.45. The van der Waals surface area contributed by atoms with E-state index in [0.29, 0.717) is 0 Å². The molecule has 0 spiro atoms. The molecule has 0 aliphatic heterocycles. The van der Waals surface area contributed by atoms with Crippen LogP contribution in [-0.4, -0.2) is 27.0 Å². The number of nitrogens with one attached hydrogen (secondary N) is 1. The number of halogens is 3. The van der Waals surface area contributed by atoms with Gasteiger partial charge in [0.2, 0.25) is 0 Å². The van der Waals surface area contributed by atoms with Crippen LogP contribution in [0.1, 0.15) is 63.5 Å². The fraction of sp³-hybridized carbons (Fsp3) is 0.588. The maximum absolute atomic E-state index is 13.3. The highest BCUT2D eigenvalue weighted by Crippen LogP contribution is 2.34. The van der Waals surface area contributed by atoms with Gasteiger partial charge in [0.15, 0.2) is 6.04 Å². The molecule has 0 saturated carbocycles. The Hall–Kier alpha value is -1.25. The van der Waals surface area contributed by atoms with E-state index in [4.69, 9.17) is 4.74 Å². The van der Waals surface area contributed by atoms with Crippen molar-refractivity contribution in [2.45, 2.75) is 64.1 Å². The number of hydrogen-bond donors (Lipinski definition) is 1. The fourth-order valence-corrected chi connectivity index (χ4v) is 2.59. The summed E-state index contributed by atoms with van der Waals surface area (Å²) in [5, 5.41) is 0. The molecular formula is C17H24F3NO3S. The number of ether oxygens (including phenoxy) is 1. The minimum absolute atomic E-state index is 0.127. The zero-order valence-corrected chi connectivity index (χ0v) is 16.0. The van der Waals surface area contributed by atoms with Crippen molar-refractivity contribution in [2.75, 3.05) is 0 Å². The van der Waals surface area contributed by atoms with Gasteiger partial charge in [-0.25, -0.2) is 4.79 Å². The molecule has 25 heavy (non-hydrogen) atoms. The van der Waals surface area contributed by atoms with E-state index in [1.54, 1.807) is 41.5 Å². The van der Waals surface area contributed by atoms with Crippen LogP contribution in [0, 0.1) is 0 Å². The van der Waals surface area contributed by atoms with Crippen molar-refractivity contribution < 1.29 is 27.3 Å². The molecule has 0 amide bonds. The number of esters is 1. The van der Waals surface area contributed by atoms with Crippen molar-refractivity contribution in [1.29, 1.82) is 0 Å². The summed E-state index contributed by atoms with van der Waals surface area (Å²) in [4.78, 5) is 11.9. The van der Waals surface area contributed by atoms with Gasteiger partial charge in [-0.1, -0.05) is 12.1 Å². The third kappa shape index (κ3) is 6.87. The predicted molar refractivity (Wildman–Crippen MR) is 91.4 cm³/mol. The minimum Gasteiger partial charge on any atom is -0.598 e. The Morgan fingerprint density at radius 1 is 1.08 bits per heavy atom. The zero-order valence-electron chi connectivity index (χ0n) is 15.2. The summed E-state index contributed by atoms with van der Waals surface area (Å²) in [5.41, 5.74) is -0.677. The average Bonchev–Trinajstić information content (AvgIpc) is 2.40. The molecule has 1 aromatic rings. The molecule has 2 atom stereocenters. The van der Waals surface area contributed by atoms with Crippen molar-refractivity contribution in [3.8, 4) is 0 Å². The molecule has 1 rings (SSSR count). The largest absolute Gasteiger partial charge is 0.598 e. The van der Waals surface area contributed by atoms with Gasteiger partial charge >= 0.3 is 12.1 Å². The molecule has 8 heteroatoms. The summed E-state index contributed by atoms with van der Waals surface area (Å²) in [6.07, 6.45) is -4.63. The Labute approximate surface area is 149 Å². The predicted octanol–water partition coefficient (Wildman–Crippen LogP) is 4.30. The van der Waals surface area contributed by atoms with Gasteiger partial charge in [0.25, 0.3) is 0 Å². The van der Waals surface area contributed by atoms with Crippen LogP contribution < -0.4 is 4.72 Å². The Bertz CT molecular complexity index is 589. The van der Waals surface area contributed by atoms with Crippen LogP contribution in [0.3, 0.4) is 0 Å². The number of rotatable bonds is 4. The summed E-state index contributed by atoms with van der Waals surface area (Å²) in [6, 6.07) is 2.81. The number of carbonyl (C=O) groups is 1. The summed E-state index contributed by atoms with van der Waals surface area (Å²) in [7, 11) is 0. The third-order valence-corrected chi connectivity index (χ3v) is 4.55. The second-order valence-corrected chi connectivity index (χ2v) is 9.60. The molecule has 1 N–H and O–H groups in total. The standard InChI is InChI=1S/C17H24F3NO3S/c1-15(2,3)24-14(22)12-9-7-11(8-10-12)13(17(18,19)20)21-25(23)16(4,5)6/h7-10,13,21H,1-6H3/t13-,25?/m0/s1. The Balaban J connectivity index is 3.04. The average molecular weight is 379 g/mol. The van der Waals surface area contributed by atoms with Crippen molar-refractivity contribution in [3.05, 3.63) is 35.4 Å². The fourth-order valence-electron chi connectivity index (χ4n) is 1.76. The SMILES string of the molecule is CC(C)(C)OC(=O)c1ccc([C@H](N[S+]([O-])C(C)(C)C)C(F)(F)F)cc1. The van der Waals surface area contributed by atoms with Gasteiger partial charge in [0.1, 0.15) is 10.3 Å². The van der Waals surface area contributed by atoms with Crippen molar-refractivity contribution in [2.24, 2.45) is 0 Å². The second kappa shape index (κ2) is 7.55. The highest BCUT2D eigenvalue weighted by Gasteiger charge is 2.45. The number of carbonyl (C=O) groups excluding carboxylic acids is 1. The Kier molecular flexibility index (Phi) is 6.58. The lowest BCUT2D eigenvalue weighted by Gasteiger charge is -2.29. The monoisotopic (exact) mass is 379 g/mol. The molecule has 1 unspecified atom stereocenters. The van der Waals surface area contributed by atoms with Crippen LogP contribution in [0.5, 0.6) is 0 Å². The summed E-state index contributed by atoms with van der Waals surface area (Å²) >= 11 is -1.90. The highest BCUT2D eigenvalue weighted by atomic mass is 32.2. The minimum atomic E-state index is -4.63. The van der Waals surface area contributed by atoms with E-state index in [0.717, 1.165) is 0 Å². The number of benzene rings is 1. The van der Waals surface area contributed by atoms with Gasteiger partial charge < -0.3 is 9.29 Å². The van der Waals surface area contributed by atoms with Crippen molar-refractivity contribution in [3.63, 3.8) is 0 Å². The highest BCUT2D eigenvalue weighted by molar-refractivity contribution is 7.90. The summed E-state index contributed by atoms with van der Waals surface area (Å²) in [5.74, 6) is -0.617. The van der Waals surface area contributed by atoms with Crippen LogP contribution in [0.4, 0.5) is 13.2 Å². The van der Waals surface area contributed by atoms with E-state index < -0.39 is 39.9 Å². The van der Waals surface area contributed by atoms with E-state index in [-0.39, 0.29) is 11.1 Å². The summed E-state index contributed by atoms with van der Waals surface area (Å²) in [6.45, 7) is 9.83. The smallest absolute Gasteiger partial charge is 0.412 e. The van der Waals surface area contributed by atoms with Crippen LogP contribution in [0.2, 0.25) is 0 Å². The van der Waals surface area contributed by atoms with Gasteiger partial charge in [-0.15, -0.1) is 4.72 Å². The first-order chi connectivity index (χ1) is 11.1. The van der Waals surface area contributed by atoms with Crippen LogP contribution >= 0.6 is 0 Å². The van der Waals surface area contributed by atoms with Gasteiger partial charge in [0.05, 0.1) is 5.56 Å². The maximum Gasteiger partial charge on any atom is 0.412 e. The first kappa shape index (κ1) is 21.8. The molecule has 0 aliphatic carbocycles. The second-order valence-electron chi connectivity index (χ2n) is 7.60. The zero-order chi connectivity index (χ0) is 19.6. The van der Waals surface area contributed by atoms with Gasteiger partial charge in [0, 0.05) is 11.4 Å². The molecule has 0 bridgehead atoms. The van der Waals surface area contributed by atoms with Crippen molar-refractivity contribution >= 4 is 17.3 Å². The third-order valence-electron chi connectivity index (χ3n) is 2.99. The van der Waals surface area contributed by atoms with Gasteiger partial charge in [-0.3, -0.25) is 0 Å². The molecule has 0 aliphatic rings. The van der Waals surface area contributed by atoms with E-state index in [9.17, 15) is 22.5 Å². The van der Waals surface area contributed by atoms with Gasteiger partial charge in [-0.2, -0.15) is 13.2 Å². The van der Waals surface area contributed by atoms with Crippen LogP contribution in [0.15, 0.2) is 24.3 Å². The van der Waals surface area contributed by atoms with Crippen molar-refractivity contribution in [1.82, 2.24) is 4.72 Å². The maximum atomic E-state index is 13.3. The Morgan fingerprint density at radius 2 is 1.56 bits per heavy atom. The normalized spacial score (nSPS) is 15.6. The lowest BCUT2D eigenvalue weighted by atomic mass is 10.0. The number of alkyl halides is 3. The van der Waals surface area contributed by atoms with E-state index in [1.807, 2.05) is 0 Å². The topological polar surface area (TPSA) is 61.4 Å². The lowest BCUT2D eigenvalue weighted by molar-refractivity contribution is -0.153. The molecule has 0 fully saturated rings.